The Labute approximate surface area is 83.9 Å². The van der Waals surface area contributed by atoms with Gasteiger partial charge in [-0.3, -0.25) is 4.98 Å². The molecule has 0 saturated carbocycles. The third-order valence-electron chi connectivity index (χ3n) is 2.01. The van der Waals surface area contributed by atoms with Gasteiger partial charge in [-0.2, -0.15) is 0 Å². The van der Waals surface area contributed by atoms with Crippen molar-refractivity contribution >= 4 is 5.57 Å². The SMILES string of the molecule is CNCCC=C(C)c1cncc(F)c1. The molecule has 0 aromatic carbocycles. The molecule has 0 spiro atoms. The maximum atomic E-state index is 12.8. The van der Waals surface area contributed by atoms with Crippen molar-refractivity contribution in [2.45, 2.75) is 13.3 Å². The van der Waals surface area contributed by atoms with Crippen LogP contribution in [0.5, 0.6) is 0 Å². The van der Waals surface area contributed by atoms with Gasteiger partial charge in [0.1, 0.15) is 5.82 Å². The van der Waals surface area contributed by atoms with Crippen LogP contribution in [0.3, 0.4) is 0 Å². The second-order valence-electron chi connectivity index (χ2n) is 3.17. The Morgan fingerprint density at radius 3 is 3.00 bits per heavy atom. The van der Waals surface area contributed by atoms with Crippen molar-refractivity contribution < 1.29 is 4.39 Å². The zero-order chi connectivity index (χ0) is 10.4. The molecule has 3 heteroatoms. The van der Waals surface area contributed by atoms with Gasteiger partial charge in [-0.25, -0.2) is 4.39 Å². The molecule has 76 valence electrons. The number of halogens is 1. The predicted octanol–water partition coefficient (Wildman–Crippen LogP) is 2.23. The van der Waals surface area contributed by atoms with Crippen molar-refractivity contribution in [3.63, 3.8) is 0 Å². The molecule has 14 heavy (non-hydrogen) atoms. The quantitative estimate of drug-likeness (QED) is 0.743. The number of pyridine rings is 1. The number of hydrogen-bond acceptors (Lipinski definition) is 2. The summed E-state index contributed by atoms with van der Waals surface area (Å²) in [5.74, 6) is -0.288. The van der Waals surface area contributed by atoms with Crippen LogP contribution in [0.15, 0.2) is 24.5 Å². The van der Waals surface area contributed by atoms with Gasteiger partial charge in [-0.15, -0.1) is 0 Å². The molecule has 0 amide bonds. The van der Waals surface area contributed by atoms with Crippen molar-refractivity contribution in [2.24, 2.45) is 0 Å². The summed E-state index contributed by atoms with van der Waals surface area (Å²) < 4.78 is 12.8. The molecule has 0 atom stereocenters. The topological polar surface area (TPSA) is 24.9 Å². The predicted molar refractivity (Wildman–Crippen MR) is 56.4 cm³/mol. The van der Waals surface area contributed by atoms with E-state index in [1.54, 1.807) is 6.20 Å². The average molecular weight is 194 g/mol. The van der Waals surface area contributed by atoms with Crippen LogP contribution in [0.1, 0.15) is 18.9 Å². The molecule has 0 aliphatic heterocycles. The Morgan fingerprint density at radius 1 is 1.57 bits per heavy atom. The van der Waals surface area contributed by atoms with Gasteiger partial charge in [-0.1, -0.05) is 6.08 Å². The molecule has 0 aliphatic carbocycles. The Kier molecular flexibility index (Phi) is 4.26. The average Bonchev–Trinajstić information content (AvgIpc) is 2.18. The number of allylic oxidation sites excluding steroid dienone is 1. The standard InChI is InChI=1S/C11H15FN2/c1-9(4-3-5-13-2)10-6-11(12)8-14-7-10/h4,6-8,13H,3,5H2,1-2H3. The van der Waals surface area contributed by atoms with Gasteiger partial charge < -0.3 is 5.32 Å². The van der Waals surface area contributed by atoms with E-state index >= 15 is 0 Å². The van der Waals surface area contributed by atoms with Crippen LogP contribution in [-0.4, -0.2) is 18.6 Å². The molecular weight excluding hydrogens is 179 g/mol. The summed E-state index contributed by atoms with van der Waals surface area (Å²) >= 11 is 0. The van der Waals surface area contributed by atoms with E-state index in [2.05, 4.69) is 16.4 Å². The van der Waals surface area contributed by atoms with E-state index in [1.165, 1.54) is 12.3 Å². The van der Waals surface area contributed by atoms with Gasteiger partial charge in [0.2, 0.25) is 0 Å². The van der Waals surface area contributed by atoms with Crippen molar-refractivity contribution in [3.8, 4) is 0 Å². The fraction of sp³-hybridized carbons (Fsp3) is 0.364. The number of rotatable bonds is 4. The third-order valence-corrected chi connectivity index (χ3v) is 2.01. The van der Waals surface area contributed by atoms with Crippen LogP contribution in [0.4, 0.5) is 4.39 Å². The first kappa shape index (κ1) is 10.9. The summed E-state index contributed by atoms with van der Waals surface area (Å²) in [6, 6.07) is 1.50. The van der Waals surface area contributed by atoms with Crippen LogP contribution >= 0.6 is 0 Å². The second-order valence-corrected chi connectivity index (χ2v) is 3.17. The molecule has 1 heterocycles. The third kappa shape index (κ3) is 3.26. The minimum atomic E-state index is -0.288. The summed E-state index contributed by atoms with van der Waals surface area (Å²) in [4.78, 5) is 3.80. The monoisotopic (exact) mass is 194 g/mol. The second kappa shape index (κ2) is 5.50. The first-order chi connectivity index (χ1) is 6.74. The lowest BCUT2D eigenvalue weighted by Crippen LogP contribution is -2.06. The number of nitrogens with one attached hydrogen (secondary N) is 1. The molecule has 1 aromatic rings. The van der Waals surface area contributed by atoms with Crippen LogP contribution in [0.25, 0.3) is 5.57 Å². The van der Waals surface area contributed by atoms with Gasteiger partial charge in [0, 0.05) is 6.20 Å². The van der Waals surface area contributed by atoms with Crippen LogP contribution in [0.2, 0.25) is 0 Å². The highest BCUT2D eigenvalue weighted by atomic mass is 19.1. The number of aromatic nitrogens is 1. The first-order valence-electron chi connectivity index (χ1n) is 4.66. The first-order valence-corrected chi connectivity index (χ1v) is 4.66. The van der Waals surface area contributed by atoms with Crippen LogP contribution in [-0.2, 0) is 0 Å². The van der Waals surface area contributed by atoms with Gasteiger partial charge in [0.05, 0.1) is 6.20 Å². The summed E-state index contributed by atoms with van der Waals surface area (Å²) in [7, 11) is 1.91. The molecule has 0 bridgehead atoms. The van der Waals surface area contributed by atoms with Crippen LogP contribution in [0, 0.1) is 5.82 Å². The van der Waals surface area contributed by atoms with E-state index in [-0.39, 0.29) is 5.82 Å². The summed E-state index contributed by atoms with van der Waals surface area (Å²) in [5, 5.41) is 3.05. The Hall–Kier alpha value is -1.22. The van der Waals surface area contributed by atoms with Crippen molar-refractivity contribution in [2.75, 3.05) is 13.6 Å². The lowest BCUT2D eigenvalue weighted by atomic mass is 10.1. The lowest BCUT2D eigenvalue weighted by Gasteiger charge is -2.01. The smallest absolute Gasteiger partial charge is 0.142 e. The zero-order valence-corrected chi connectivity index (χ0v) is 8.55. The molecule has 1 N–H and O–H groups in total. The highest BCUT2D eigenvalue weighted by Gasteiger charge is 1.97. The van der Waals surface area contributed by atoms with E-state index in [1.807, 2.05) is 14.0 Å². The molecule has 0 aliphatic rings. The van der Waals surface area contributed by atoms with Gasteiger partial charge in [0.15, 0.2) is 0 Å². The van der Waals surface area contributed by atoms with Crippen LogP contribution < -0.4 is 5.32 Å². The highest BCUT2D eigenvalue weighted by Crippen LogP contribution is 2.13. The van der Waals surface area contributed by atoms with E-state index < -0.39 is 0 Å². The maximum Gasteiger partial charge on any atom is 0.142 e. The van der Waals surface area contributed by atoms with Gasteiger partial charge in [-0.05, 0) is 44.1 Å². The lowest BCUT2D eigenvalue weighted by molar-refractivity contribution is 0.621. The molecule has 2 nitrogen and oxygen atoms in total. The molecule has 0 radical (unpaired) electrons. The molecule has 0 unspecified atom stereocenters. The summed E-state index contributed by atoms with van der Waals surface area (Å²) in [5.41, 5.74) is 1.91. The number of nitrogens with zero attached hydrogens (tertiary/aromatic N) is 1. The molecule has 0 fully saturated rings. The molecule has 0 saturated heterocycles. The largest absolute Gasteiger partial charge is 0.319 e. The minimum Gasteiger partial charge on any atom is -0.319 e. The molecule has 1 rings (SSSR count). The fourth-order valence-electron chi connectivity index (χ4n) is 1.18. The van der Waals surface area contributed by atoms with E-state index in [0.717, 1.165) is 24.1 Å². The van der Waals surface area contributed by atoms with Crippen molar-refractivity contribution in [1.29, 1.82) is 0 Å². The highest BCUT2D eigenvalue weighted by molar-refractivity contribution is 5.62. The maximum absolute atomic E-state index is 12.8. The Balaban J connectivity index is 2.68. The molecular formula is C11H15FN2. The van der Waals surface area contributed by atoms with Gasteiger partial charge in [0.25, 0.3) is 0 Å². The molecule has 1 aromatic heterocycles. The van der Waals surface area contributed by atoms with Gasteiger partial charge >= 0.3 is 0 Å². The summed E-state index contributed by atoms with van der Waals surface area (Å²) in [6.45, 7) is 2.90. The summed E-state index contributed by atoms with van der Waals surface area (Å²) in [6.07, 6.45) is 5.91. The van der Waals surface area contributed by atoms with E-state index in [0.29, 0.717) is 0 Å². The minimum absolute atomic E-state index is 0.288. The Morgan fingerprint density at radius 2 is 2.36 bits per heavy atom. The normalized spacial score (nSPS) is 11.8. The van der Waals surface area contributed by atoms with E-state index in [4.69, 9.17) is 0 Å². The Bertz CT molecular complexity index is 321. The van der Waals surface area contributed by atoms with E-state index in [9.17, 15) is 4.39 Å². The van der Waals surface area contributed by atoms with Crippen molar-refractivity contribution in [3.05, 3.63) is 35.9 Å². The van der Waals surface area contributed by atoms with Crippen molar-refractivity contribution in [1.82, 2.24) is 10.3 Å². The number of hydrogen-bond donors (Lipinski definition) is 1. The fourth-order valence-corrected chi connectivity index (χ4v) is 1.18. The zero-order valence-electron chi connectivity index (χ0n) is 8.55.